The highest BCUT2D eigenvalue weighted by atomic mass is 32.2. The number of guanidine groups is 1. The van der Waals surface area contributed by atoms with Crippen molar-refractivity contribution in [1.29, 1.82) is 0 Å². The summed E-state index contributed by atoms with van der Waals surface area (Å²) in [6.45, 7) is 5.71. The zero-order valence-electron chi connectivity index (χ0n) is 13.5. The Morgan fingerprint density at radius 3 is 2.52 bits per heavy atom. The summed E-state index contributed by atoms with van der Waals surface area (Å²) in [6.07, 6.45) is 7.95. The van der Waals surface area contributed by atoms with Crippen molar-refractivity contribution in [1.82, 2.24) is 10.6 Å². The molecule has 1 rings (SSSR count). The SMILES string of the molecule is CCNC(=NCCCC1CCCC1)NCCS(=O)(=O)CC. The minimum absolute atomic E-state index is 0.163. The Kier molecular flexibility index (Phi) is 8.73. The molecule has 1 fully saturated rings. The maximum absolute atomic E-state index is 11.4. The molecule has 0 amide bonds. The molecule has 124 valence electrons. The smallest absolute Gasteiger partial charge is 0.191 e. The molecule has 0 heterocycles. The first-order valence-corrected chi connectivity index (χ1v) is 10.1. The molecule has 0 saturated heterocycles. The zero-order valence-corrected chi connectivity index (χ0v) is 14.3. The third-order valence-corrected chi connectivity index (χ3v) is 5.71. The summed E-state index contributed by atoms with van der Waals surface area (Å²) >= 11 is 0. The number of sulfone groups is 1. The second-order valence-electron chi connectivity index (χ2n) is 5.72. The van der Waals surface area contributed by atoms with E-state index in [1.807, 2.05) is 6.92 Å². The van der Waals surface area contributed by atoms with Crippen molar-refractivity contribution in [2.45, 2.75) is 52.4 Å². The van der Waals surface area contributed by atoms with Crippen LogP contribution in [0.5, 0.6) is 0 Å². The minimum atomic E-state index is -2.91. The van der Waals surface area contributed by atoms with E-state index in [2.05, 4.69) is 15.6 Å². The van der Waals surface area contributed by atoms with Gasteiger partial charge in [0, 0.05) is 25.4 Å². The predicted octanol–water partition coefficient (Wildman–Crippen LogP) is 1.95. The van der Waals surface area contributed by atoms with E-state index in [0.29, 0.717) is 6.54 Å². The number of nitrogens with one attached hydrogen (secondary N) is 2. The quantitative estimate of drug-likeness (QED) is 0.387. The van der Waals surface area contributed by atoms with Crippen molar-refractivity contribution >= 4 is 15.8 Å². The van der Waals surface area contributed by atoms with Crippen molar-refractivity contribution in [3.63, 3.8) is 0 Å². The largest absolute Gasteiger partial charge is 0.357 e. The monoisotopic (exact) mass is 317 g/mol. The van der Waals surface area contributed by atoms with Crippen LogP contribution in [0.25, 0.3) is 0 Å². The molecule has 0 unspecified atom stereocenters. The molecule has 0 atom stereocenters. The average Bonchev–Trinajstić information content (AvgIpc) is 2.96. The van der Waals surface area contributed by atoms with Crippen molar-refractivity contribution in [2.75, 3.05) is 31.1 Å². The van der Waals surface area contributed by atoms with Gasteiger partial charge >= 0.3 is 0 Å². The Morgan fingerprint density at radius 2 is 1.90 bits per heavy atom. The van der Waals surface area contributed by atoms with E-state index >= 15 is 0 Å². The molecule has 0 aromatic rings. The van der Waals surface area contributed by atoms with Crippen molar-refractivity contribution in [3.05, 3.63) is 0 Å². The first-order chi connectivity index (χ1) is 10.1. The third kappa shape index (κ3) is 8.29. The first-order valence-electron chi connectivity index (χ1n) is 8.30. The maximum Gasteiger partial charge on any atom is 0.191 e. The molecule has 0 radical (unpaired) electrons. The average molecular weight is 317 g/mol. The number of hydrogen-bond acceptors (Lipinski definition) is 3. The lowest BCUT2D eigenvalue weighted by Gasteiger charge is -2.12. The summed E-state index contributed by atoms with van der Waals surface area (Å²) in [5.74, 6) is 2.00. The Bertz CT molecular complexity index is 401. The summed E-state index contributed by atoms with van der Waals surface area (Å²) in [5, 5.41) is 6.26. The Labute approximate surface area is 129 Å². The van der Waals surface area contributed by atoms with Gasteiger partial charge in [-0.15, -0.1) is 0 Å². The Hall–Kier alpha value is -0.780. The van der Waals surface area contributed by atoms with Crippen molar-refractivity contribution in [3.8, 4) is 0 Å². The predicted molar refractivity (Wildman–Crippen MR) is 89.5 cm³/mol. The summed E-state index contributed by atoms with van der Waals surface area (Å²) in [6, 6.07) is 0. The standard InChI is InChI=1S/C15H31N3O2S/c1-3-16-15(18-12-13-21(19,20)4-2)17-11-7-10-14-8-5-6-9-14/h14H,3-13H2,1-2H3,(H2,16,17,18). The van der Waals surface area contributed by atoms with Gasteiger partial charge in [0.05, 0.1) is 5.75 Å². The first kappa shape index (κ1) is 18.3. The van der Waals surface area contributed by atoms with Crippen molar-refractivity contribution < 1.29 is 8.42 Å². The van der Waals surface area contributed by atoms with E-state index in [1.54, 1.807) is 6.92 Å². The fourth-order valence-corrected chi connectivity index (χ4v) is 3.38. The van der Waals surface area contributed by atoms with E-state index in [1.165, 1.54) is 32.1 Å². The molecule has 0 aliphatic heterocycles. The zero-order chi connectivity index (χ0) is 15.6. The van der Waals surface area contributed by atoms with Gasteiger partial charge in [-0.1, -0.05) is 32.6 Å². The van der Waals surface area contributed by atoms with Crippen LogP contribution >= 0.6 is 0 Å². The van der Waals surface area contributed by atoms with Gasteiger partial charge in [0.25, 0.3) is 0 Å². The summed E-state index contributed by atoms with van der Waals surface area (Å²) in [7, 11) is -2.91. The Morgan fingerprint density at radius 1 is 1.19 bits per heavy atom. The molecule has 0 aromatic carbocycles. The van der Waals surface area contributed by atoms with Gasteiger partial charge < -0.3 is 10.6 Å². The van der Waals surface area contributed by atoms with E-state index in [4.69, 9.17) is 0 Å². The molecule has 0 bridgehead atoms. The van der Waals surface area contributed by atoms with Crippen LogP contribution in [-0.4, -0.2) is 45.5 Å². The molecule has 0 spiro atoms. The van der Waals surface area contributed by atoms with Gasteiger partial charge in [-0.3, -0.25) is 4.99 Å². The topological polar surface area (TPSA) is 70.6 Å². The molecular formula is C15H31N3O2S. The van der Waals surface area contributed by atoms with Gasteiger partial charge in [-0.2, -0.15) is 0 Å². The summed E-state index contributed by atoms with van der Waals surface area (Å²) in [5.41, 5.74) is 0. The van der Waals surface area contributed by atoms with Gasteiger partial charge in [0.2, 0.25) is 0 Å². The number of hydrogen-bond donors (Lipinski definition) is 2. The van der Waals surface area contributed by atoms with Crippen LogP contribution in [0.15, 0.2) is 4.99 Å². The molecule has 1 aliphatic carbocycles. The second-order valence-corrected chi connectivity index (χ2v) is 8.19. The fraction of sp³-hybridized carbons (Fsp3) is 0.933. The maximum atomic E-state index is 11.4. The Balaban J connectivity index is 2.25. The van der Waals surface area contributed by atoms with Crippen LogP contribution < -0.4 is 10.6 Å². The molecule has 21 heavy (non-hydrogen) atoms. The van der Waals surface area contributed by atoms with Crippen LogP contribution in [-0.2, 0) is 9.84 Å². The fourth-order valence-electron chi connectivity index (χ4n) is 2.68. The van der Waals surface area contributed by atoms with E-state index in [-0.39, 0.29) is 11.5 Å². The number of aliphatic imine (C=N–C) groups is 1. The molecule has 6 heteroatoms. The van der Waals surface area contributed by atoms with Gasteiger partial charge in [0.1, 0.15) is 0 Å². The highest BCUT2D eigenvalue weighted by Crippen LogP contribution is 2.28. The summed E-state index contributed by atoms with van der Waals surface area (Å²) < 4.78 is 22.9. The third-order valence-electron chi connectivity index (χ3n) is 4.00. The van der Waals surface area contributed by atoms with Crippen molar-refractivity contribution in [2.24, 2.45) is 10.9 Å². The van der Waals surface area contributed by atoms with Gasteiger partial charge in [-0.05, 0) is 25.7 Å². The highest BCUT2D eigenvalue weighted by molar-refractivity contribution is 7.91. The lowest BCUT2D eigenvalue weighted by atomic mass is 10.0. The van der Waals surface area contributed by atoms with Crippen LogP contribution in [0.3, 0.4) is 0 Å². The second kappa shape index (κ2) is 10.0. The molecule has 5 nitrogen and oxygen atoms in total. The molecule has 1 saturated carbocycles. The number of rotatable bonds is 9. The highest BCUT2D eigenvalue weighted by Gasteiger charge is 2.13. The lowest BCUT2D eigenvalue weighted by Crippen LogP contribution is -2.39. The molecule has 2 N–H and O–H groups in total. The van der Waals surface area contributed by atoms with E-state index in [0.717, 1.165) is 31.4 Å². The summed E-state index contributed by atoms with van der Waals surface area (Å²) in [4.78, 5) is 4.52. The lowest BCUT2D eigenvalue weighted by molar-refractivity contribution is 0.487. The molecular weight excluding hydrogens is 286 g/mol. The molecule has 0 aromatic heterocycles. The van der Waals surface area contributed by atoms with Crippen LogP contribution in [0, 0.1) is 5.92 Å². The van der Waals surface area contributed by atoms with Crippen LogP contribution in [0.2, 0.25) is 0 Å². The van der Waals surface area contributed by atoms with E-state index < -0.39 is 9.84 Å². The van der Waals surface area contributed by atoms with E-state index in [9.17, 15) is 8.42 Å². The normalized spacial score (nSPS) is 17.1. The van der Waals surface area contributed by atoms with Gasteiger partial charge in [0.15, 0.2) is 15.8 Å². The van der Waals surface area contributed by atoms with Crippen LogP contribution in [0.4, 0.5) is 0 Å². The minimum Gasteiger partial charge on any atom is -0.357 e. The molecule has 1 aliphatic rings. The number of nitrogens with zero attached hydrogens (tertiary/aromatic N) is 1. The van der Waals surface area contributed by atoms with Crippen LogP contribution in [0.1, 0.15) is 52.4 Å². The van der Waals surface area contributed by atoms with Gasteiger partial charge in [-0.25, -0.2) is 8.42 Å².